The zero-order valence-electron chi connectivity index (χ0n) is 8.29. The Morgan fingerprint density at radius 3 is 3.12 bits per heavy atom. The van der Waals surface area contributed by atoms with Gasteiger partial charge in [-0.3, -0.25) is 9.78 Å². The summed E-state index contributed by atoms with van der Waals surface area (Å²) < 4.78 is 0. The van der Waals surface area contributed by atoms with Crippen molar-refractivity contribution in [2.24, 2.45) is 5.16 Å². The van der Waals surface area contributed by atoms with E-state index in [9.17, 15) is 4.79 Å². The van der Waals surface area contributed by atoms with Crippen LogP contribution in [-0.2, 0) is 4.79 Å². The second-order valence-corrected chi connectivity index (χ2v) is 3.14. The Balaban J connectivity index is 2.41. The summed E-state index contributed by atoms with van der Waals surface area (Å²) in [6.07, 6.45) is 4.15. The monoisotopic (exact) mass is 215 g/mol. The Labute approximate surface area is 91.4 Å². The first kappa shape index (κ1) is 10.1. The summed E-state index contributed by atoms with van der Waals surface area (Å²) >= 11 is 0. The third-order valence-electron chi connectivity index (χ3n) is 2.12. The first-order valence-corrected chi connectivity index (χ1v) is 4.62. The van der Waals surface area contributed by atoms with Crippen molar-refractivity contribution in [2.45, 2.75) is 0 Å². The number of carbonyl (C=O) groups is 1. The molecule has 0 bridgehead atoms. The molecular weight excluding hydrogens is 206 g/mol. The number of nitrogens with zero attached hydrogens (tertiary/aromatic N) is 2. The van der Waals surface area contributed by atoms with E-state index in [1.165, 1.54) is 0 Å². The predicted octanol–water partition coefficient (Wildman–Crippen LogP) is 1.63. The molecule has 0 aliphatic heterocycles. The van der Waals surface area contributed by atoms with Gasteiger partial charge in [0.2, 0.25) is 0 Å². The number of amides is 1. The molecule has 5 heteroatoms. The second kappa shape index (κ2) is 4.39. The molecule has 1 heterocycles. The summed E-state index contributed by atoms with van der Waals surface area (Å²) in [6.45, 7) is 0. The summed E-state index contributed by atoms with van der Waals surface area (Å²) in [7, 11) is 0. The van der Waals surface area contributed by atoms with Gasteiger partial charge in [0.05, 0.1) is 5.69 Å². The van der Waals surface area contributed by atoms with E-state index in [2.05, 4.69) is 15.5 Å². The van der Waals surface area contributed by atoms with Gasteiger partial charge in [-0.25, -0.2) is 0 Å². The van der Waals surface area contributed by atoms with Gasteiger partial charge in [0.15, 0.2) is 0 Å². The summed E-state index contributed by atoms with van der Waals surface area (Å²) in [5, 5.41) is 15.3. The lowest BCUT2D eigenvalue weighted by Gasteiger charge is -2.05. The van der Waals surface area contributed by atoms with E-state index in [0.717, 1.165) is 17.0 Å². The minimum atomic E-state index is -0.487. The Kier molecular flexibility index (Phi) is 2.77. The van der Waals surface area contributed by atoms with Crippen molar-refractivity contribution in [3.63, 3.8) is 0 Å². The number of hydrogen-bond donors (Lipinski definition) is 2. The minimum Gasteiger partial charge on any atom is -0.411 e. The van der Waals surface area contributed by atoms with Gasteiger partial charge in [-0.15, -0.1) is 0 Å². The summed E-state index contributed by atoms with van der Waals surface area (Å²) in [5.74, 6) is -0.487. The van der Waals surface area contributed by atoms with Crippen LogP contribution >= 0.6 is 0 Å². The Hall–Kier alpha value is -2.43. The largest absolute Gasteiger partial charge is 0.411 e. The first-order valence-electron chi connectivity index (χ1n) is 4.62. The molecule has 5 nitrogen and oxygen atoms in total. The zero-order chi connectivity index (χ0) is 11.4. The maximum absolute atomic E-state index is 11.2. The number of nitrogens with one attached hydrogen (secondary N) is 1. The number of hydrogen-bond acceptors (Lipinski definition) is 4. The Bertz CT molecular complexity index is 546. The van der Waals surface area contributed by atoms with Crippen molar-refractivity contribution in [1.82, 2.24) is 4.98 Å². The van der Waals surface area contributed by atoms with E-state index in [-0.39, 0.29) is 0 Å². The maximum atomic E-state index is 11.2. The minimum absolute atomic E-state index is 0.487. The highest BCUT2D eigenvalue weighted by Gasteiger charge is 2.03. The molecule has 2 rings (SSSR count). The lowest BCUT2D eigenvalue weighted by molar-refractivity contribution is -0.110. The average molecular weight is 215 g/mol. The van der Waals surface area contributed by atoms with Crippen LogP contribution in [0.4, 0.5) is 5.69 Å². The molecule has 0 aliphatic rings. The number of benzene rings is 1. The molecule has 16 heavy (non-hydrogen) atoms. The second-order valence-electron chi connectivity index (χ2n) is 3.14. The van der Waals surface area contributed by atoms with Crippen molar-refractivity contribution >= 4 is 28.6 Å². The molecule has 1 amide bonds. The molecule has 2 aromatic rings. The smallest absolute Gasteiger partial charge is 0.270 e. The molecule has 80 valence electrons. The van der Waals surface area contributed by atoms with E-state index < -0.39 is 5.91 Å². The van der Waals surface area contributed by atoms with E-state index in [4.69, 9.17) is 5.21 Å². The molecular formula is C11H9N3O2. The number of rotatable bonds is 2. The Morgan fingerprint density at radius 2 is 2.31 bits per heavy atom. The number of oxime groups is 1. The highest BCUT2D eigenvalue weighted by Crippen LogP contribution is 2.21. The molecule has 0 unspecified atom stereocenters. The average Bonchev–Trinajstić information content (AvgIpc) is 2.30. The van der Waals surface area contributed by atoms with Crippen molar-refractivity contribution < 1.29 is 10.0 Å². The third-order valence-corrected chi connectivity index (χ3v) is 2.12. The zero-order valence-corrected chi connectivity index (χ0v) is 8.29. The number of pyridine rings is 1. The normalized spacial score (nSPS) is 10.8. The molecule has 0 radical (unpaired) electrons. The SMILES string of the molecule is O=C(C=NO)Nc1cccc2ccncc12. The van der Waals surface area contributed by atoms with Gasteiger partial charge in [0, 0.05) is 17.8 Å². The van der Waals surface area contributed by atoms with Crippen LogP contribution in [0.5, 0.6) is 0 Å². The van der Waals surface area contributed by atoms with Crippen LogP contribution in [0.2, 0.25) is 0 Å². The van der Waals surface area contributed by atoms with Gasteiger partial charge in [-0.2, -0.15) is 0 Å². The van der Waals surface area contributed by atoms with Crippen LogP contribution in [-0.4, -0.2) is 22.3 Å². The van der Waals surface area contributed by atoms with Crippen molar-refractivity contribution in [3.8, 4) is 0 Å². The predicted molar refractivity (Wildman–Crippen MR) is 60.7 cm³/mol. The van der Waals surface area contributed by atoms with E-state index in [1.807, 2.05) is 18.2 Å². The van der Waals surface area contributed by atoms with Crippen LogP contribution in [0.3, 0.4) is 0 Å². The van der Waals surface area contributed by atoms with Crippen molar-refractivity contribution in [2.75, 3.05) is 5.32 Å². The lowest BCUT2D eigenvalue weighted by atomic mass is 10.1. The highest BCUT2D eigenvalue weighted by atomic mass is 16.4. The van der Waals surface area contributed by atoms with Crippen molar-refractivity contribution in [3.05, 3.63) is 36.7 Å². The standard InChI is InChI=1S/C11H9N3O2/c15-11(7-13-16)14-10-3-1-2-8-4-5-12-6-9(8)10/h1-7,16H,(H,14,15). The fourth-order valence-corrected chi connectivity index (χ4v) is 1.44. The highest BCUT2D eigenvalue weighted by molar-refractivity contribution is 6.32. The van der Waals surface area contributed by atoms with E-state index in [0.29, 0.717) is 5.69 Å². The first-order chi connectivity index (χ1) is 7.81. The van der Waals surface area contributed by atoms with E-state index in [1.54, 1.807) is 18.5 Å². The summed E-state index contributed by atoms with van der Waals surface area (Å²) in [5.41, 5.74) is 0.635. The number of anilines is 1. The molecule has 0 fully saturated rings. The van der Waals surface area contributed by atoms with E-state index >= 15 is 0 Å². The summed E-state index contributed by atoms with van der Waals surface area (Å²) in [4.78, 5) is 15.2. The molecule has 1 aromatic heterocycles. The van der Waals surface area contributed by atoms with Gasteiger partial charge in [0.25, 0.3) is 5.91 Å². The van der Waals surface area contributed by atoms with Gasteiger partial charge in [0.1, 0.15) is 6.21 Å². The quantitative estimate of drug-likeness (QED) is 0.454. The number of aromatic nitrogens is 1. The fourth-order valence-electron chi connectivity index (χ4n) is 1.44. The molecule has 0 saturated heterocycles. The van der Waals surface area contributed by atoms with Crippen LogP contribution in [0.25, 0.3) is 10.8 Å². The summed E-state index contributed by atoms with van der Waals surface area (Å²) in [6, 6.07) is 7.36. The Morgan fingerprint density at radius 1 is 1.44 bits per heavy atom. The molecule has 0 atom stereocenters. The van der Waals surface area contributed by atoms with Crippen LogP contribution in [0, 0.1) is 0 Å². The van der Waals surface area contributed by atoms with Gasteiger partial charge < -0.3 is 10.5 Å². The van der Waals surface area contributed by atoms with Crippen LogP contribution < -0.4 is 5.32 Å². The van der Waals surface area contributed by atoms with Crippen LogP contribution in [0.1, 0.15) is 0 Å². The maximum Gasteiger partial charge on any atom is 0.270 e. The van der Waals surface area contributed by atoms with Crippen LogP contribution in [0.15, 0.2) is 41.8 Å². The number of fused-ring (bicyclic) bond motifs is 1. The fraction of sp³-hybridized carbons (Fsp3) is 0. The topological polar surface area (TPSA) is 74.6 Å². The number of carbonyl (C=O) groups excluding carboxylic acids is 1. The lowest BCUT2D eigenvalue weighted by Crippen LogP contribution is -2.12. The molecule has 0 aliphatic carbocycles. The van der Waals surface area contributed by atoms with Gasteiger partial charge in [-0.1, -0.05) is 17.3 Å². The molecule has 0 saturated carbocycles. The third kappa shape index (κ3) is 1.98. The molecule has 1 aromatic carbocycles. The van der Waals surface area contributed by atoms with Gasteiger partial charge in [-0.05, 0) is 17.5 Å². The van der Waals surface area contributed by atoms with Crippen molar-refractivity contribution in [1.29, 1.82) is 0 Å². The van der Waals surface area contributed by atoms with Gasteiger partial charge >= 0.3 is 0 Å². The molecule has 0 spiro atoms. The molecule has 2 N–H and O–H groups in total.